The molecule has 1 aliphatic heterocycles. The topological polar surface area (TPSA) is 43.8 Å². The van der Waals surface area contributed by atoms with Crippen LogP contribution in [0.15, 0.2) is 24.3 Å². The minimum atomic E-state index is -0.715. The second-order valence-electron chi connectivity index (χ2n) is 5.32. The van der Waals surface area contributed by atoms with Crippen molar-refractivity contribution in [2.24, 2.45) is 0 Å². The van der Waals surface area contributed by atoms with E-state index < -0.39 is 12.0 Å². The van der Waals surface area contributed by atoms with Gasteiger partial charge in [0.15, 0.2) is 0 Å². The average Bonchev–Trinajstić information content (AvgIpc) is 2.39. The lowest BCUT2D eigenvalue weighted by Gasteiger charge is -2.36. The third-order valence-electron chi connectivity index (χ3n) is 3.94. The van der Waals surface area contributed by atoms with Crippen molar-refractivity contribution < 1.29 is 9.90 Å². The van der Waals surface area contributed by atoms with Crippen LogP contribution < -0.4 is 0 Å². The van der Waals surface area contributed by atoms with Crippen molar-refractivity contribution in [3.8, 4) is 0 Å². The molecule has 1 unspecified atom stereocenters. The maximum Gasteiger partial charge on any atom is 0.321 e. The van der Waals surface area contributed by atoms with Crippen LogP contribution >= 0.6 is 0 Å². The number of benzene rings is 1. The molecular weight excluding hydrogens is 240 g/mol. The molecule has 19 heavy (non-hydrogen) atoms. The van der Waals surface area contributed by atoms with Crippen LogP contribution in [0.1, 0.15) is 11.1 Å². The van der Waals surface area contributed by atoms with Gasteiger partial charge in [-0.25, -0.2) is 0 Å². The Bertz CT molecular complexity index is 440. The van der Waals surface area contributed by atoms with Crippen LogP contribution in [0.25, 0.3) is 0 Å². The summed E-state index contributed by atoms with van der Waals surface area (Å²) in [5.41, 5.74) is 2.30. The predicted octanol–water partition coefficient (Wildman–Crippen LogP) is 1.24. The number of carboxylic acids is 1. The first-order valence-corrected chi connectivity index (χ1v) is 6.78. The molecule has 1 atom stereocenters. The predicted molar refractivity (Wildman–Crippen MR) is 75.4 cm³/mol. The summed E-state index contributed by atoms with van der Waals surface area (Å²) in [6.45, 7) is 5.59. The standard InChI is InChI=1S/C15H22N2O2/c1-12-5-3-4-6-13(12)11-14(15(18)19)17-9-7-16(2)8-10-17/h3-6,14H,7-11H2,1-2H3,(H,18,19). The van der Waals surface area contributed by atoms with E-state index in [2.05, 4.69) is 16.8 Å². The van der Waals surface area contributed by atoms with Gasteiger partial charge >= 0.3 is 5.97 Å². The molecular formula is C15H22N2O2. The summed E-state index contributed by atoms with van der Waals surface area (Å²) in [4.78, 5) is 15.9. The largest absolute Gasteiger partial charge is 0.480 e. The lowest BCUT2D eigenvalue weighted by Crippen LogP contribution is -2.52. The highest BCUT2D eigenvalue weighted by molar-refractivity contribution is 5.74. The number of rotatable bonds is 4. The van der Waals surface area contributed by atoms with Crippen LogP contribution in [-0.2, 0) is 11.2 Å². The van der Waals surface area contributed by atoms with Crippen molar-refractivity contribution in [1.82, 2.24) is 9.80 Å². The summed E-state index contributed by atoms with van der Waals surface area (Å²) in [5.74, 6) is -0.715. The molecule has 0 aromatic heterocycles. The van der Waals surface area contributed by atoms with Gasteiger partial charge in [-0.2, -0.15) is 0 Å². The highest BCUT2D eigenvalue weighted by Crippen LogP contribution is 2.15. The van der Waals surface area contributed by atoms with E-state index in [0.717, 1.165) is 31.7 Å². The highest BCUT2D eigenvalue weighted by atomic mass is 16.4. The Kier molecular flexibility index (Phi) is 4.56. The Balaban J connectivity index is 2.09. The Hall–Kier alpha value is -1.39. The number of carbonyl (C=O) groups is 1. The minimum Gasteiger partial charge on any atom is -0.480 e. The number of carboxylic acid groups (broad SMARTS) is 1. The Morgan fingerprint density at radius 3 is 2.47 bits per heavy atom. The Morgan fingerprint density at radius 2 is 1.89 bits per heavy atom. The maximum atomic E-state index is 11.5. The number of likely N-dealkylation sites (N-methyl/N-ethyl adjacent to an activating group) is 1. The molecule has 0 saturated carbocycles. The maximum absolute atomic E-state index is 11.5. The molecule has 1 aromatic rings. The van der Waals surface area contributed by atoms with E-state index in [-0.39, 0.29) is 0 Å². The zero-order chi connectivity index (χ0) is 13.8. The SMILES string of the molecule is Cc1ccccc1CC(C(=O)O)N1CCN(C)CC1. The zero-order valence-corrected chi connectivity index (χ0v) is 11.7. The lowest BCUT2D eigenvalue weighted by atomic mass is 10.00. The van der Waals surface area contributed by atoms with E-state index in [9.17, 15) is 9.90 Å². The van der Waals surface area contributed by atoms with Gasteiger partial charge in [-0.05, 0) is 31.5 Å². The van der Waals surface area contributed by atoms with Crippen molar-refractivity contribution in [2.45, 2.75) is 19.4 Å². The summed E-state index contributed by atoms with van der Waals surface area (Å²) < 4.78 is 0. The number of piperazine rings is 1. The van der Waals surface area contributed by atoms with Crippen molar-refractivity contribution in [1.29, 1.82) is 0 Å². The molecule has 104 valence electrons. The van der Waals surface area contributed by atoms with Crippen LogP contribution in [0, 0.1) is 6.92 Å². The van der Waals surface area contributed by atoms with Gasteiger partial charge in [-0.3, -0.25) is 9.69 Å². The molecule has 0 bridgehead atoms. The minimum absolute atomic E-state index is 0.408. The van der Waals surface area contributed by atoms with E-state index in [1.807, 2.05) is 31.2 Å². The van der Waals surface area contributed by atoms with Gasteiger partial charge in [0.1, 0.15) is 6.04 Å². The van der Waals surface area contributed by atoms with E-state index in [0.29, 0.717) is 6.42 Å². The number of nitrogens with zero attached hydrogens (tertiary/aromatic N) is 2. The first kappa shape index (κ1) is 14.0. The van der Waals surface area contributed by atoms with Crippen LogP contribution in [0.4, 0.5) is 0 Å². The summed E-state index contributed by atoms with van der Waals surface area (Å²) in [6.07, 6.45) is 0.589. The van der Waals surface area contributed by atoms with E-state index in [1.165, 1.54) is 5.56 Å². The molecule has 4 nitrogen and oxygen atoms in total. The molecule has 1 heterocycles. The normalized spacial score (nSPS) is 19.3. The first-order valence-electron chi connectivity index (χ1n) is 6.78. The smallest absolute Gasteiger partial charge is 0.321 e. The van der Waals surface area contributed by atoms with Crippen molar-refractivity contribution in [3.05, 3.63) is 35.4 Å². The van der Waals surface area contributed by atoms with Gasteiger partial charge in [-0.1, -0.05) is 24.3 Å². The van der Waals surface area contributed by atoms with Crippen LogP contribution in [0.5, 0.6) is 0 Å². The summed E-state index contributed by atoms with van der Waals surface area (Å²) in [5, 5.41) is 9.49. The molecule has 4 heteroatoms. The molecule has 1 N–H and O–H groups in total. The summed E-state index contributed by atoms with van der Waals surface area (Å²) in [7, 11) is 2.08. The van der Waals surface area contributed by atoms with Crippen LogP contribution in [0.2, 0.25) is 0 Å². The second-order valence-corrected chi connectivity index (χ2v) is 5.32. The van der Waals surface area contributed by atoms with E-state index in [4.69, 9.17) is 0 Å². The molecule has 1 fully saturated rings. The summed E-state index contributed by atoms with van der Waals surface area (Å²) >= 11 is 0. The molecule has 0 spiro atoms. The average molecular weight is 262 g/mol. The highest BCUT2D eigenvalue weighted by Gasteiger charge is 2.28. The monoisotopic (exact) mass is 262 g/mol. The fourth-order valence-corrected chi connectivity index (χ4v) is 2.55. The number of hydrogen-bond donors (Lipinski definition) is 1. The van der Waals surface area contributed by atoms with Gasteiger partial charge in [0, 0.05) is 26.2 Å². The molecule has 1 aromatic carbocycles. The zero-order valence-electron chi connectivity index (χ0n) is 11.7. The second kappa shape index (κ2) is 6.17. The Labute approximate surface area is 114 Å². The van der Waals surface area contributed by atoms with Gasteiger partial charge < -0.3 is 10.0 Å². The summed E-state index contributed by atoms with van der Waals surface area (Å²) in [6, 6.07) is 7.63. The number of aliphatic carboxylic acids is 1. The van der Waals surface area contributed by atoms with Gasteiger partial charge in [-0.15, -0.1) is 0 Å². The Morgan fingerprint density at radius 1 is 1.26 bits per heavy atom. The molecule has 2 rings (SSSR count). The van der Waals surface area contributed by atoms with Gasteiger partial charge in [0.25, 0.3) is 0 Å². The number of hydrogen-bond acceptors (Lipinski definition) is 3. The fraction of sp³-hybridized carbons (Fsp3) is 0.533. The van der Waals surface area contributed by atoms with Crippen molar-refractivity contribution >= 4 is 5.97 Å². The van der Waals surface area contributed by atoms with Gasteiger partial charge in [0.05, 0.1) is 0 Å². The van der Waals surface area contributed by atoms with Crippen LogP contribution in [0.3, 0.4) is 0 Å². The molecule has 1 saturated heterocycles. The molecule has 0 aliphatic carbocycles. The van der Waals surface area contributed by atoms with Crippen molar-refractivity contribution in [3.63, 3.8) is 0 Å². The number of aryl methyl sites for hydroxylation is 1. The third kappa shape index (κ3) is 3.55. The van der Waals surface area contributed by atoms with Crippen molar-refractivity contribution in [2.75, 3.05) is 33.2 Å². The van der Waals surface area contributed by atoms with E-state index in [1.54, 1.807) is 0 Å². The molecule has 0 radical (unpaired) electrons. The first-order chi connectivity index (χ1) is 9.08. The quantitative estimate of drug-likeness (QED) is 0.886. The fourth-order valence-electron chi connectivity index (χ4n) is 2.55. The molecule has 1 aliphatic rings. The third-order valence-corrected chi connectivity index (χ3v) is 3.94. The molecule has 0 amide bonds. The van der Waals surface area contributed by atoms with Crippen LogP contribution in [-0.4, -0.2) is 60.1 Å². The van der Waals surface area contributed by atoms with E-state index >= 15 is 0 Å². The lowest BCUT2D eigenvalue weighted by molar-refractivity contribution is -0.144. The van der Waals surface area contributed by atoms with Gasteiger partial charge in [0.2, 0.25) is 0 Å².